The first kappa shape index (κ1) is 13.6. The fraction of sp³-hybridized carbons (Fsp3) is 0.462. The molecule has 1 atom stereocenters. The van der Waals surface area contributed by atoms with Gasteiger partial charge in [0.25, 0.3) is 5.91 Å². The third kappa shape index (κ3) is 4.15. The molecule has 0 saturated heterocycles. The average molecular weight is 239 g/mol. The fourth-order valence-corrected chi connectivity index (χ4v) is 1.57. The molecule has 0 aliphatic carbocycles. The molecule has 1 amide bonds. The standard InChI is InChI=1S/C13H18FNO2/c1-9(5-6-16)8-15-13(17)12-4-3-11(14)7-10(12)2/h3-4,7,9,16H,5-6,8H2,1-2H3,(H,15,17). The summed E-state index contributed by atoms with van der Waals surface area (Å²) in [6, 6.07) is 4.10. The maximum absolute atomic E-state index is 12.9. The molecule has 1 aromatic rings. The Morgan fingerprint density at radius 1 is 1.53 bits per heavy atom. The number of aryl methyl sites for hydroxylation is 1. The smallest absolute Gasteiger partial charge is 0.251 e. The molecular weight excluding hydrogens is 221 g/mol. The third-order valence-electron chi connectivity index (χ3n) is 2.67. The number of aliphatic hydroxyl groups is 1. The van der Waals surface area contributed by atoms with Crippen molar-refractivity contribution in [1.29, 1.82) is 0 Å². The van der Waals surface area contributed by atoms with Gasteiger partial charge in [-0.1, -0.05) is 6.92 Å². The lowest BCUT2D eigenvalue weighted by atomic mass is 10.1. The molecule has 0 saturated carbocycles. The molecule has 0 aliphatic rings. The van der Waals surface area contributed by atoms with Crippen LogP contribution in [0.1, 0.15) is 29.3 Å². The van der Waals surface area contributed by atoms with E-state index in [0.29, 0.717) is 24.1 Å². The van der Waals surface area contributed by atoms with Crippen LogP contribution < -0.4 is 5.32 Å². The van der Waals surface area contributed by atoms with Crippen molar-refractivity contribution >= 4 is 5.91 Å². The lowest BCUT2D eigenvalue weighted by Gasteiger charge is -2.12. The van der Waals surface area contributed by atoms with Crippen LogP contribution in [0.3, 0.4) is 0 Å². The van der Waals surface area contributed by atoms with E-state index in [-0.39, 0.29) is 24.2 Å². The Morgan fingerprint density at radius 2 is 2.24 bits per heavy atom. The first-order valence-electron chi connectivity index (χ1n) is 5.69. The van der Waals surface area contributed by atoms with Crippen molar-refractivity contribution in [3.63, 3.8) is 0 Å². The second-order valence-electron chi connectivity index (χ2n) is 4.29. The topological polar surface area (TPSA) is 49.3 Å². The van der Waals surface area contributed by atoms with Gasteiger partial charge in [0.15, 0.2) is 0 Å². The van der Waals surface area contributed by atoms with Gasteiger partial charge in [-0.05, 0) is 43.0 Å². The maximum Gasteiger partial charge on any atom is 0.251 e. The van der Waals surface area contributed by atoms with Gasteiger partial charge in [0.05, 0.1) is 0 Å². The van der Waals surface area contributed by atoms with Gasteiger partial charge in [-0.2, -0.15) is 0 Å². The number of halogens is 1. The van der Waals surface area contributed by atoms with Crippen molar-refractivity contribution in [2.45, 2.75) is 20.3 Å². The summed E-state index contributed by atoms with van der Waals surface area (Å²) in [6.45, 7) is 4.28. The zero-order valence-electron chi connectivity index (χ0n) is 10.2. The van der Waals surface area contributed by atoms with Gasteiger partial charge in [0.2, 0.25) is 0 Å². The van der Waals surface area contributed by atoms with Crippen LogP contribution >= 0.6 is 0 Å². The van der Waals surface area contributed by atoms with Crippen molar-refractivity contribution in [1.82, 2.24) is 5.32 Å². The molecule has 3 nitrogen and oxygen atoms in total. The van der Waals surface area contributed by atoms with Crippen LogP contribution in [0.25, 0.3) is 0 Å². The molecule has 0 fully saturated rings. The van der Waals surface area contributed by atoms with Crippen molar-refractivity contribution in [3.05, 3.63) is 35.1 Å². The molecule has 0 spiro atoms. The number of aliphatic hydroxyl groups excluding tert-OH is 1. The quantitative estimate of drug-likeness (QED) is 0.824. The number of hydrogen-bond acceptors (Lipinski definition) is 2. The number of hydrogen-bond donors (Lipinski definition) is 2. The van der Waals surface area contributed by atoms with Gasteiger partial charge in [-0.25, -0.2) is 4.39 Å². The molecule has 1 aromatic carbocycles. The molecule has 0 radical (unpaired) electrons. The van der Waals surface area contributed by atoms with Crippen LogP contribution in [0, 0.1) is 18.7 Å². The SMILES string of the molecule is Cc1cc(F)ccc1C(=O)NCC(C)CCO. The lowest BCUT2D eigenvalue weighted by molar-refractivity contribution is 0.0945. The van der Waals surface area contributed by atoms with Crippen LogP contribution in [0.5, 0.6) is 0 Å². The van der Waals surface area contributed by atoms with Crippen molar-refractivity contribution in [3.8, 4) is 0 Å². The van der Waals surface area contributed by atoms with Gasteiger partial charge in [-0.3, -0.25) is 4.79 Å². The minimum Gasteiger partial charge on any atom is -0.396 e. The summed E-state index contributed by atoms with van der Waals surface area (Å²) < 4.78 is 12.9. The van der Waals surface area contributed by atoms with E-state index in [2.05, 4.69) is 5.32 Å². The predicted molar refractivity (Wildman–Crippen MR) is 64.3 cm³/mol. The molecule has 4 heteroatoms. The summed E-state index contributed by atoms with van der Waals surface area (Å²) in [6.07, 6.45) is 0.655. The predicted octanol–water partition coefficient (Wildman–Crippen LogP) is 1.88. The summed E-state index contributed by atoms with van der Waals surface area (Å²) in [7, 11) is 0. The van der Waals surface area contributed by atoms with Gasteiger partial charge < -0.3 is 10.4 Å². The van der Waals surface area contributed by atoms with E-state index in [1.54, 1.807) is 6.92 Å². The Hall–Kier alpha value is -1.42. The summed E-state index contributed by atoms with van der Waals surface area (Å²) in [5.74, 6) is -0.315. The second kappa shape index (κ2) is 6.35. The number of amides is 1. The summed E-state index contributed by atoms with van der Waals surface area (Å²) in [5.41, 5.74) is 1.11. The Kier molecular flexibility index (Phi) is 5.10. The summed E-state index contributed by atoms with van der Waals surface area (Å²) >= 11 is 0. The lowest BCUT2D eigenvalue weighted by Crippen LogP contribution is -2.29. The normalized spacial score (nSPS) is 12.2. The molecule has 1 unspecified atom stereocenters. The second-order valence-corrected chi connectivity index (χ2v) is 4.29. The number of benzene rings is 1. The Balaban J connectivity index is 2.58. The third-order valence-corrected chi connectivity index (χ3v) is 2.67. The van der Waals surface area contributed by atoms with Crippen molar-refractivity contribution < 1.29 is 14.3 Å². The van der Waals surface area contributed by atoms with E-state index < -0.39 is 0 Å². The molecule has 1 rings (SSSR count). The van der Waals surface area contributed by atoms with E-state index in [9.17, 15) is 9.18 Å². The zero-order valence-corrected chi connectivity index (χ0v) is 10.2. The van der Waals surface area contributed by atoms with E-state index in [0.717, 1.165) is 0 Å². The monoisotopic (exact) mass is 239 g/mol. The van der Waals surface area contributed by atoms with Gasteiger partial charge in [0, 0.05) is 18.7 Å². The van der Waals surface area contributed by atoms with Crippen molar-refractivity contribution in [2.75, 3.05) is 13.2 Å². The van der Waals surface area contributed by atoms with Crippen molar-refractivity contribution in [2.24, 2.45) is 5.92 Å². The summed E-state index contributed by atoms with van der Waals surface area (Å²) in [4.78, 5) is 11.8. The molecule has 94 valence electrons. The summed E-state index contributed by atoms with van der Waals surface area (Å²) in [5, 5.41) is 11.5. The molecule has 0 aliphatic heterocycles. The van der Waals surface area contributed by atoms with E-state index >= 15 is 0 Å². The number of carbonyl (C=O) groups excluding carboxylic acids is 1. The average Bonchev–Trinajstić information content (AvgIpc) is 2.26. The number of nitrogens with one attached hydrogen (secondary N) is 1. The van der Waals surface area contributed by atoms with Crippen LogP contribution in [0.4, 0.5) is 4.39 Å². The molecule has 0 aromatic heterocycles. The molecular formula is C13H18FNO2. The van der Waals surface area contributed by atoms with E-state index in [1.807, 2.05) is 6.92 Å². The van der Waals surface area contributed by atoms with Gasteiger partial charge in [-0.15, -0.1) is 0 Å². The van der Waals surface area contributed by atoms with Crippen LogP contribution in [0.2, 0.25) is 0 Å². The number of rotatable bonds is 5. The molecule has 17 heavy (non-hydrogen) atoms. The minimum atomic E-state index is -0.340. The van der Waals surface area contributed by atoms with Crippen LogP contribution in [-0.2, 0) is 0 Å². The van der Waals surface area contributed by atoms with Gasteiger partial charge in [0.1, 0.15) is 5.82 Å². The first-order chi connectivity index (χ1) is 8.04. The highest BCUT2D eigenvalue weighted by molar-refractivity contribution is 5.95. The highest BCUT2D eigenvalue weighted by Gasteiger charge is 2.10. The van der Waals surface area contributed by atoms with E-state index in [4.69, 9.17) is 5.11 Å². The zero-order chi connectivity index (χ0) is 12.8. The Morgan fingerprint density at radius 3 is 2.82 bits per heavy atom. The highest BCUT2D eigenvalue weighted by Crippen LogP contribution is 2.10. The van der Waals surface area contributed by atoms with E-state index in [1.165, 1.54) is 18.2 Å². The number of carbonyl (C=O) groups is 1. The molecule has 2 N–H and O–H groups in total. The molecule has 0 heterocycles. The largest absolute Gasteiger partial charge is 0.396 e. The Bertz CT molecular complexity index is 393. The highest BCUT2D eigenvalue weighted by atomic mass is 19.1. The van der Waals surface area contributed by atoms with Crippen LogP contribution in [0.15, 0.2) is 18.2 Å². The molecule has 0 bridgehead atoms. The fourth-order valence-electron chi connectivity index (χ4n) is 1.57. The minimum absolute atomic E-state index is 0.118. The van der Waals surface area contributed by atoms with Gasteiger partial charge >= 0.3 is 0 Å². The first-order valence-corrected chi connectivity index (χ1v) is 5.69. The Labute approximate surface area is 101 Å². The maximum atomic E-state index is 12.9. The van der Waals surface area contributed by atoms with Crippen LogP contribution in [-0.4, -0.2) is 24.2 Å².